The third-order valence-electron chi connectivity index (χ3n) is 2.68. The van der Waals surface area contributed by atoms with Crippen molar-refractivity contribution in [3.63, 3.8) is 0 Å². The fraction of sp³-hybridized carbons (Fsp3) is 0.333. The lowest BCUT2D eigenvalue weighted by Gasteiger charge is -2.21. The zero-order valence-corrected chi connectivity index (χ0v) is 13.4. The molecule has 0 aliphatic heterocycles. The number of nitrogens with one attached hydrogen (secondary N) is 2. The van der Waals surface area contributed by atoms with Gasteiger partial charge in [0, 0.05) is 11.4 Å². The standard InChI is InChI=1S/C12H6Cl2F8N2O2/c13-9(15,11(17,18)19)7(25)23-5-1-2-6(4-3-5)24-8(26)10(14,16)12(20,21)22/h1-4H,(H,23,25)(H,24,26)/t9-,10-/m0/s1. The molecule has 4 nitrogen and oxygen atoms in total. The second kappa shape index (κ2) is 7.06. The van der Waals surface area contributed by atoms with E-state index in [1.165, 1.54) is 10.6 Å². The van der Waals surface area contributed by atoms with Crippen molar-refractivity contribution in [3.8, 4) is 0 Å². The molecule has 0 aliphatic rings. The van der Waals surface area contributed by atoms with Crippen molar-refractivity contribution in [1.29, 1.82) is 0 Å². The normalized spacial score (nSPS) is 17.0. The number of hydrogen-bond acceptors (Lipinski definition) is 2. The molecule has 1 aromatic rings. The Balaban J connectivity index is 2.85. The molecule has 0 aromatic heterocycles. The topological polar surface area (TPSA) is 58.2 Å². The number of anilines is 2. The van der Waals surface area contributed by atoms with Crippen molar-refractivity contribution in [2.45, 2.75) is 22.6 Å². The van der Waals surface area contributed by atoms with Crippen LogP contribution in [0.25, 0.3) is 0 Å². The minimum Gasteiger partial charge on any atom is -0.322 e. The average molecular weight is 433 g/mol. The third kappa shape index (κ3) is 4.67. The van der Waals surface area contributed by atoms with Gasteiger partial charge in [0.25, 0.3) is 11.8 Å². The Morgan fingerprint density at radius 3 is 1.08 bits per heavy atom. The first-order valence-corrected chi connectivity index (χ1v) is 6.88. The molecule has 1 aromatic carbocycles. The second-order valence-electron chi connectivity index (χ2n) is 4.63. The van der Waals surface area contributed by atoms with Gasteiger partial charge >= 0.3 is 22.6 Å². The summed E-state index contributed by atoms with van der Waals surface area (Å²) >= 11 is 8.96. The second-order valence-corrected chi connectivity index (χ2v) is 5.67. The molecule has 0 fully saturated rings. The first kappa shape index (κ1) is 22.2. The summed E-state index contributed by atoms with van der Waals surface area (Å²) in [4.78, 5) is 22.4. The van der Waals surface area contributed by atoms with Crippen LogP contribution in [0.5, 0.6) is 0 Å². The maximum absolute atomic E-state index is 13.2. The van der Waals surface area contributed by atoms with Gasteiger partial charge in [-0.05, 0) is 24.3 Å². The van der Waals surface area contributed by atoms with Gasteiger partial charge in [-0.25, -0.2) is 8.78 Å². The Labute approximate surface area is 149 Å². The monoisotopic (exact) mass is 432 g/mol. The van der Waals surface area contributed by atoms with E-state index in [9.17, 15) is 44.7 Å². The number of amides is 2. The zero-order chi connectivity index (χ0) is 20.6. The van der Waals surface area contributed by atoms with Crippen LogP contribution < -0.4 is 10.6 Å². The summed E-state index contributed by atoms with van der Waals surface area (Å²) < 4.78 is 99.8. The SMILES string of the molecule is O=C(Nc1ccc(NC(=O)[C@@](F)(Cl)C(F)(F)F)cc1)[C@@](F)(Cl)C(F)(F)F. The van der Waals surface area contributed by atoms with Crippen molar-refractivity contribution in [2.75, 3.05) is 10.6 Å². The number of benzene rings is 1. The number of carbonyl (C=O) groups excluding carboxylic acids is 2. The van der Waals surface area contributed by atoms with E-state index in [1.807, 2.05) is 0 Å². The molecular formula is C12H6Cl2F8N2O2. The number of hydrogen-bond donors (Lipinski definition) is 2. The Morgan fingerprint density at radius 2 is 0.885 bits per heavy atom. The van der Waals surface area contributed by atoms with Crippen LogP contribution in [0.4, 0.5) is 46.5 Å². The van der Waals surface area contributed by atoms with Crippen molar-refractivity contribution in [3.05, 3.63) is 24.3 Å². The summed E-state index contributed by atoms with van der Waals surface area (Å²) in [6.07, 6.45) is -11.4. The maximum atomic E-state index is 13.2. The molecule has 0 bridgehead atoms. The van der Waals surface area contributed by atoms with Gasteiger partial charge in [-0.2, -0.15) is 26.3 Å². The average Bonchev–Trinajstić information content (AvgIpc) is 2.46. The van der Waals surface area contributed by atoms with Gasteiger partial charge in [-0.1, -0.05) is 23.2 Å². The van der Waals surface area contributed by atoms with Crippen molar-refractivity contribution >= 4 is 46.4 Å². The predicted octanol–water partition coefficient (Wildman–Crippen LogP) is 4.50. The van der Waals surface area contributed by atoms with Gasteiger partial charge in [0.1, 0.15) is 0 Å². The molecule has 1 rings (SSSR count). The van der Waals surface area contributed by atoms with Crippen molar-refractivity contribution in [1.82, 2.24) is 0 Å². The molecule has 26 heavy (non-hydrogen) atoms. The van der Waals surface area contributed by atoms with E-state index >= 15 is 0 Å². The first-order valence-electron chi connectivity index (χ1n) is 6.12. The van der Waals surface area contributed by atoms with E-state index in [-0.39, 0.29) is 0 Å². The quantitative estimate of drug-likeness (QED) is 0.543. The third-order valence-corrected chi connectivity index (χ3v) is 3.45. The lowest BCUT2D eigenvalue weighted by Crippen LogP contribution is -2.46. The minimum absolute atomic E-state index is 0.451. The van der Waals surface area contributed by atoms with Gasteiger partial charge < -0.3 is 10.6 Å². The Morgan fingerprint density at radius 1 is 0.654 bits per heavy atom. The molecule has 0 saturated carbocycles. The summed E-state index contributed by atoms with van der Waals surface area (Å²) in [6, 6.07) is 3.11. The molecular weight excluding hydrogens is 427 g/mol. The van der Waals surface area contributed by atoms with Gasteiger partial charge in [-0.15, -0.1) is 0 Å². The summed E-state index contributed by atoms with van der Waals surface area (Å²) in [5.41, 5.74) is -0.902. The van der Waals surface area contributed by atoms with Crippen LogP contribution in [0.15, 0.2) is 24.3 Å². The molecule has 2 N–H and O–H groups in total. The van der Waals surface area contributed by atoms with Crippen LogP contribution in [0.2, 0.25) is 0 Å². The molecule has 0 spiro atoms. The molecule has 0 radical (unpaired) electrons. The van der Waals surface area contributed by atoms with E-state index < -0.39 is 45.8 Å². The number of alkyl halides is 10. The lowest BCUT2D eigenvalue weighted by atomic mass is 10.2. The Bertz CT molecular complexity index is 627. The van der Waals surface area contributed by atoms with E-state index in [1.54, 1.807) is 0 Å². The van der Waals surface area contributed by atoms with Gasteiger partial charge in [-0.3, -0.25) is 9.59 Å². The molecule has 0 unspecified atom stereocenters. The highest BCUT2D eigenvalue weighted by atomic mass is 35.5. The van der Waals surface area contributed by atoms with Crippen molar-refractivity contribution in [2.24, 2.45) is 0 Å². The van der Waals surface area contributed by atoms with E-state index in [0.29, 0.717) is 0 Å². The molecule has 146 valence electrons. The molecule has 2 amide bonds. The summed E-state index contributed by atoms with van der Waals surface area (Å²) in [5.74, 6) is -4.55. The highest BCUT2D eigenvalue weighted by Gasteiger charge is 2.61. The summed E-state index contributed by atoms with van der Waals surface area (Å²) in [6.45, 7) is 0. The summed E-state index contributed by atoms with van der Waals surface area (Å²) in [5, 5.41) is -6.52. The molecule has 0 heterocycles. The van der Waals surface area contributed by atoms with E-state index in [0.717, 1.165) is 24.3 Å². The fourth-order valence-corrected chi connectivity index (χ4v) is 1.41. The van der Waals surface area contributed by atoms with Crippen LogP contribution in [0, 0.1) is 0 Å². The molecule has 0 saturated heterocycles. The Hall–Kier alpha value is -1.82. The van der Waals surface area contributed by atoms with Crippen LogP contribution in [-0.4, -0.2) is 34.4 Å². The Kier molecular flexibility index (Phi) is 6.04. The molecule has 0 aliphatic carbocycles. The van der Waals surface area contributed by atoms with Gasteiger partial charge in [0.15, 0.2) is 0 Å². The highest BCUT2D eigenvalue weighted by molar-refractivity contribution is 6.36. The smallest absolute Gasteiger partial charge is 0.322 e. The minimum atomic E-state index is -5.71. The van der Waals surface area contributed by atoms with Crippen LogP contribution >= 0.6 is 23.2 Å². The lowest BCUT2D eigenvalue weighted by molar-refractivity contribution is -0.198. The molecule has 14 heteroatoms. The van der Waals surface area contributed by atoms with Crippen LogP contribution in [-0.2, 0) is 9.59 Å². The predicted molar refractivity (Wildman–Crippen MR) is 75.2 cm³/mol. The van der Waals surface area contributed by atoms with E-state index in [4.69, 9.17) is 0 Å². The largest absolute Gasteiger partial charge is 0.446 e. The number of rotatable bonds is 4. The van der Waals surface area contributed by atoms with Crippen LogP contribution in [0.3, 0.4) is 0 Å². The molecule has 2 atom stereocenters. The summed E-state index contributed by atoms with van der Waals surface area (Å²) in [7, 11) is 0. The fourth-order valence-electron chi connectivity index (χ4n) is 1.31. The van der Waals surface area contributed by atoms with Gasteiger partial charge in [0.2, 0.25) is 0 Å². The highest BCUT2D eigenvalue weighted by Crippen LogP contribution is 2.39. The van der Waals surface area contributed by atoms with Crippen LogP contribution in [0.1, 0.15) is 0 Å². The van der Waals surface area contributed by atoms with E-state index in [2.05, 4.69) is 23.2 Å². The maximum Gasteiger partial charge on any atom is 0.446 e. The number of halogens is 10. The zero-order valence-electron chi connectivity index (χ0n) is 11.9. The first-order chi connectivity index (χ1) is 11.5. The number of carbonyl (C=O) groups is 2. The van der Waals surface area contributed by atoms with Gasteiger partial charge in [0.05, 0.1) is 0 Å². The van der Waals surface area contributed by atoms with Crippen molar-refractivity contribution < 1.29 is 44.7 Å².